The second-order valence-electron chi connectivity index (χ2n) is 5.00. The van der Waals surface area contributed by atoms with E-state index < -0.39 is 17.2 Å². The summed E-state index contributed by atoms with van der Waals surface area (Å²) >= 11 is 0. The minimum atomic E-state index is -0.658. The van der Waals surface area contributed by atoms with Crippen LogP contribution in [0, 0.1) is 11.6 Å². The summed E-state index contributed by atoms with van der Waals surface area (Å²) in [4.78, 5) is 11.5. The molecule has 3 nitrogen and oxygen atoms in total. The van der Waals surface area contributed by atoms with Gasteiger partial charge in [-0.05, 0) is 26.3 Å². The normalized spacial score (nSPS) is 11.4. The fourth-order valence-electron chi connectivity index (χ4n) is 1.38. The highest BCUT2D eigenvalue weighted by Crippen LogP contribution is 2.10. The van der Waals surface area contributed by atoms with Crippen LogP contribution in [0.25, 0.3) is 0 Å². The van der Waals surface area contributed by atoms with Gasteiger partial charge in [-0.2, -0.15) is 0 Å². The van der Waals surface area contributed by atoms with Gasteiger partial charge in [-0.3, -0.25) is 4.79 Å². The molecule has 18 heavy (non-hydrogen) atoms. The molecule has 1 amide bonds. The van der Waals surface area contributed by atoms with E-state index in [9.17, 15) is 13.6 Å². The van der Waals surface area contributed by atoms with Gasteiger partial charge >= 0.3 is 0 Å². The number of benzene rings is 1. The molecule has 5 heteroatoms. The summed E-state index contributed by atoms with van der Waals surface area (Å²) in [6, 6.07) is 3.27. The highest BCUT2D eigenvalue weighted by molar-refractivity contribution is 5.75. The predicted octanol–water partition coefficient (Wildman–Crippen LogP) is 2.10. The van der Waals surface area contributed by atoms with Crippen molar-refractivity contribution in [2.75, 3.05) is 0 Å². The van der Waals surface area contributed by atoms with E-state index in [0.29, 0.717) is 6.42 Å². The quantitative estimate of drug-likeness (QED) is 0.847. The van der Waals surface area contributed by atoms with Crippen molar-refractivity contribution in [1.82, 2.24) is 5.32 Å². The van der Waals surface area contributed by atoms with Crippen molar-refractivity contribution in [3.05, 3.63) is 35.4 Å². The second kappa shape index (κ2) is 5.91. The summed E-state index contributed by atoms with van der Waals surface area (Å²) in [6.45, 7) is 3.72. The van der Waals surface area contributed by atoms with Crippen molar-refractivity contribution in [3.8, 4) is 0 Å². The molecule has 0 aliphatic rings. The number of rotatable bonds is 5. The van der Waals surface area contributed by atoms with Gasteiger partial charge in [0.2, 0.25) is 5.91 Å². The van der Waals surface area contributed by atoms with Crippen LogP contribution >= 0.6 is 0 Å². The van der Waals surface area contributed by atoms with Crippen molar-refractivity contribution >= 4 is 5.91 Å². The molecular weight excluding hydrogens is 238 g/mol. The minimum Gasteiger partial charge on any atom is -0.352 e. The Morgan fingerprint density at radius 2 is 2.06 bits per heavy atom. The first-order valence-corrected chi connectivity index (χ1v) is 5.77. The van der Waals surface area contributed by atoms with Crippen molar-refractivity contribution in [2.24, 2.45) is 5.73 Å². The van der Waals surface area contributed by atoms with E-state index in [1.54, 1.807) is 0 Å². The Kier molecular flexibility index (Phi) is 4.78. The van der Waals surface area contributed by atoms with Gasteiger partial charge in [-0.15, -0.1) is 0 Å². The summed E-state index contributed by atoms with van der Waals surface area (Å²) in [5.74, 6) is -1.49. The molecule has 0 aliphatic heterocycles. The van der Waals surface area contributed by atoms with E-state index in [4.69, 9.17) is 5.73 Å². The zero-order chi connectivity index (χ0) is 13.8. The average Bonchev–Trinajstić information content (AvgIpc) is 2.24. The van der Waals surface area contributed by atoms with Gasteiger partial charge in [-0.25, -0.2) is 8.78 Å². The molecule has 1 aromatic rings. The lowest BCUT2D eigenvalue weighted by molar-refractivity contribution is -0.121. The molecule has 1 rings (SSSR count). The zero-order valence-corrected chi connectivity index (χ0v) is 10.6. The summed E-state index contributed by atoms with van der Waals surface area (Å²) in [7, 11) is 0. The summed E-state index contributed by atoms with van der Waals surface area (Å²) in [5, 5.41) is 2.57. The first-order valence-electron chi connectivity index (χ1n) is 5.77. The van der Waals surface area contributed by atoms with Gasteiger partial charge in [0.25, 0.3) is 0 Å². The molecule has 0 aliphatic carbocycles. The molecule has 0 unspecified atom stereocenters. The van der Waals surface area contributed by atoms with Crippen LogP contribution in [-0.2, 0) is 11.3 Å². The maximum atomic E-state index is 13.3. The van der Waals surface area contributed by atoms with Crippen LogP contribution in [0.4, 0.5) is 8.78 Å². The monoisotopic (exact) mass is 256 g/mol. The Morgan fingerprint density at radius 1 is 1.39 bits per heavy atom. The first-order chi connectivity index (χ1) is 8.28. The highest BCUT2D eigenvalue weighted by Gasteiger charge is 2.13. The van der Waals surface area contributed by atoms with Crippen molar-refractivity contribution in [1.29, 1.82) is 0 Å². The Morgan fingerprint density at radius 3 is 2.61 bits per heavy atom. The van der Waals surface area contributed by atoms with E-state index >= 15 is 0 Å². The standard InChI is InChI=1S/C13H18F2N2O/c1-13(2,16)6-5-12(18)17-8-9-3-4-10(14)7-11(9)15/h3-4,7H,5-6,8,16H2,1-2H3,(H,17,18). The second-order valence-corrected chi connectivity index (χ2v) is 5.00. The number of carbonyl (C=O) groups excluding carboxylic acids is 1. The molecule has 0 radical (unpaired) electrons. The lowest BCUT2D eigenvalue weighted by atomic mass is 10.00. The highest BCUT2D eigenvalue weighted by atomic mass is 19.1. The van der Waals surface area contributed by atoms with Crippen molar-refractivity contribution in [3.63, 3.8) is 0 Å². The number of carbonyl (C=O) groups is 1. The molecule has 0 aromatic heterocycles. The molecule has 0 bridgehead atoms. The molecule has 0 heterocycles. The molecule has 0 fully saturated rings. The summed E-state index contributed by atoms with van der Waals surface area (Å²) in [5.41, 5.74) is 5.61. The predicted molar refractivity (Wildman–Crippen MR) is 65.7 cm³/mol. The van der Waals surface area contributed by atoms with Crippen LogP contribution in [0.5, 0.6) is 0 Å². The number of hydrogen-bond acceptors (Lipinski definition) is 2. The molecule has 100 valence electrons. The number of nitrogens with two attached hydrogens (primary N) is 1. The van der Waals surface area contributed by atoms with Gasteiger partial charge in [0.1, 0.15) is 11.6 Å². The third-order valence-electron chi connectivity index (χ3n) is 2.49. The molecule has 0 saturated heterocycles. The largest absolute Gasteiger partial charge is 0.352 e. The molecule has 0 spiro atoms. The van der Waals surface area contributed by atoms with Crippen LogP contribution in [0.2, 0.25) is 0 Å². The molecule has 1 aromatic carbocycles. The lowest BCUT2D eigenvalue weighted by Crippen LogP contribution is -2.34. The Hall–Kier alpha value is -1.49. The fraction of sp³-hybridized carbons (Fsp3) is 0.462. The Labute approximate surface area is 105 Å². The third kappa shape index (κ3) is 5.23. The van der Waals surface area contributed by atoms with Crippen LogP contribution in [-0.4, -0.2) is 11.4 Å². The van der Waals surface area contributed by atoms with Crippen LogP contribution in [0.3, 0.4) is 0 Å². The molecule has 0 atom stereocenters. The topological polar surface area (TPSA) is 55.1 Å². The maximum Gasteiger partial charge on any atom is 0.220 e. The van der Waals surface area contributed by atoms with Crippen LogP contribution in [0.15, 0.2) is 18.2 Å². The zero-order valence-electron chi connectivity index (χ0n) is 10.6. The first kappa shape index (κ1) is 14.6. The average molecular weight is 256 g/mol. The SMILES string of the molecule is CC(C)(N)CCC(=O)NCc1ccc(F)cc1F. The van der Waals surface area contributed by atoms with E-state index in [2.05, 4.69) is 5.32 Å². The number of hydrogen-bond donors (Lipinski definition) is 2. The van der Waals surface area contributed by atoms with Crippen LogP contribution in [0.1, 0.15) is 32.3 Å². The third-order valence-corrected chi connectivity index (χ3v) is 2.49. The number of nitrogens with one attached hydrogen (secondary N) is 1. The van der Waals surface area contributed by atoms with E-state index in [-0.39, 0.29) is 24.4 Å². The number of amides is 1. The van der Waals surface area contributed by atoms with Gasteiger partial charge in [0.15, 0.2) is 0 Å². The number of halogens is 2. The van der Waals surface area contributed by atoms with Gasteiger partial charge < -0.3 is 11.1 Å². The molecule has 0 saturated carbocycles. The fourth-order valence-corrected chi connectivity index (χ4v) is 1.38. The molecule has 3 N–H and O–H groups in total. The van der Waals surface area contributed by atoms with Gasteiger partial charge in [0.05, 0.1) is 0 Å². The van der Waals surface area contributed by atoms with Gasteiger partial charge in [-0.1, -0.05) is 6.07 Å². The minimum absolute atomic E-state index is 0.0515. The van der Waals surface area contributed by atoms with Gasteiger partial charge in [0, 0.05) is 30.1 Å². The smallest absolute Gasteiger partial charge is 0.220 e. The molecular formula is C13H18F2N2O. The van der Waals surface area contributed by atoms with Crippen molar-refractivity contribution in [2.45, 2.75) is 38.8 Å². The summed E-state index contributed by atoms with van der Waals surface area (Å²) < 4.78 is 25.9. The maximum absolute atomic E-state index is 13.3. The Balaban J connectivity index is 2.43. The Bertz CT molecular complexity index is 427. The summed E-state index contributed by atoms with van der Waals surface area (Å²) in [6.07, 6.45) is 0.830. The van der Waals surface area contributed by atoms with Crippen LogP contribution < -0.4 is 11.1 Å². The lowest BCUT2D eigenvalue weighted by Gasteiger charge is -2.17. The van der Waals surface area contributed by atoms with E-state index in [1.165, 1.54) is 6.07 Å². The van der Waals surface area contributed by atoms with E-state index in [0.717, 1.165) is 12.1 Å². The van der Waals surface area contributed by atoms with E-state index in [1.807, 2.05) is 13.8 Å². The van der Waals surface area contributed by atoms with Crippen molar-refractivity contribution < 1.29 is 13.6 Å².